The maximum Gasteiger partial charge on any atom is 0.122 e. The van der Waals surface area contributed by atoms with Gasteiger partial charge in [0.25, 0.3) is 0 Å². The molecule has 9 aromatic carbocycles. The van der Waals surface area contributed by atoms with Crippen molar-refractivity contribution < 1.29 is 0 Å². The van der Waals surface area contributed by atoms with Gasteiger partial charge in [0, 0.05) is 42.3 Å². The lowest BCUT2D eigenvalue weighted by molar-refractivity contribution is 0.564. The Labute approximate surface area is 328 Å². The zero-order valence-electron chi connectivity index (χ0n) is 30.4. The predicted octanol–water partition coefficient (Wildman–Crippen LogP) is 14.6. The van der Waals surface area contributed by atoms with Gasteiger partial charge in [-0.05, 0) is 93.2 Å². The van der Waals surface area contributed by atoms with Crippen molar-refractivity contribution in [2.45, 2.75) is 5.54 Å². The number of thiophene rings is 1. The number of hydrogen-bond donors (Lipinski definition) is 0. The molecule has 2 heterocycles. The molecule has 3 heteroatoms. The van der Waals surface area contributed by atoms with Crippen molar-refractivity contribution in [3.05, 3.63) is 223 Å². The summed E-state index contributed by atoms with van der Waals surface area (Å²) in [5, 5.41) is 7.49. The Morgan fingerprint density at radius 2 is 1.02 bits per heavy atom. The maximum atomic E-state index is 2.63. The third-order valence-electron chi connectivity index (χ3n) is 12.0. The van der Waals surface area contributed by atoms with Crippen molar-refractivity contribution >= 4 is 81.1 Å². The summed E-state index contributed by atoms with van der Waals surface area (Å²) in [5.74, 6) is 0. The lowest BCUT2D eigenvalue weighted by Gasteiger charge is -2.36. The van der Waals surface area contributed by atoms with E-state index in [1.54, 1.807) is 0 Å². The van der Waals surface area contributed by atoms with Crippen molar-refractivity contribution in [2.75, 3.05) is 4.90 Å². The molecule has 0 unspecified atom stereocenters. The molecule has 12 rings (SSSR count). The monoisotopic (exact) mass is 730 g/mol. The Hall–Kier alpha value is -6.94. The van der Waals surface area contributed by atoms with Crippen LogP contribution in [0.4, 0.5) is 17.1 Å². The van der Waals surface area contributed by atoms with Gasteiger partial charge in [0.05, 0.1) is 16.7 Å². The summed E-state index contributed by atoms with van der Waals surface area (Å²) in [6, 6.07) is 76.4. The molecule has 0 saturated heterocycles. The number of benzene rings is 9. The molecule has 0 amide bonds. The van der Waals surface area contributed by atoms with Crippen LogP contribution in [0, 0.1) is 0 Å². The highest BCUT2D eigenvalue weighted by Crippen LogP contribution is 2.56. The Morgan fingerprint density at radius 3 is 1.84 bits per heavy atom. The number of anilines is 3. The molecule has 11 aromatic rings. The van der Waals surface area contributed by atoms with Crippen LogP contribution in [0.2, 0.25) is 0 Å². The summed E-state index contributed by atoms with van der Waals surface area (Å²) in [5.41, 5.74) is 11.7. The lowest BCUT2D eigenvalue weighted by atomic mass is 9.80. The van der Waals surface area contributed by atoms with Crippen LogP contribution in [0.3, 0.4) is 0 Å². The van der Waals surface area contributed by atoms with E-state index >= 15 is 0 Å². The van der Waals surface area contributed by atoms with Crippen molar-refractivity contribution in [3.8, 4) is 11.1 Å². The molecule has 1 aliphatic rings. The van der Waals surface area contributed by atoms with Crippen LogP contribution >= 0.6 is 11.3 Å². The van der Waals surface area contributed by atoms with Crippen molar-refractivity contribution in [2.24, 2.45) is 0 Å². The SMILES string of the molecule is c1ccc(C2(n3c4ccccc4c4cc(N(c5ccc6ccccc6c5)c5cccc6sc7ccccc7c56)ccc43)c3ccccc3-c3ccccc32)cc1. The van der Waals surface area contributed by atoms with Crippen LogP contribution in [0.15, 0.2) is 206 Å². The molecule has 0 atom stereocenters. The molecule has 56 heavy (non-hydrogen) atoms. The highest BCUT2D eigenvalue weighted by Gasteiger charge is 2.47. The molecule has 0 fully saturated rings. The van der Waals surface area contributed by atoms with Gasteiger partial charge in [-0.2, -0.15) is 0 Å². The molecule has 0 bridgehead atoms. The van der Waals surface area contributed by atoms with Crippen LogP contribution in [0.25, 0.3) is 63.9 Å². The first-order valence-electron chi connectivity index (χ1n) is 19.3. The van der Waals surface area contributed by atoms with Crippen LogP contribution in [0.5, 0.6) is 0 Å². The van der Waals surface area contributed by atoms with Crippen molar-refractivity contribution in [3.63, 3.8) is 0 Å². The van der Waals surface area contributed by atoms with Crippen LogP contribution in [-0.2, 0) is 5.54 Å². The zero-order chi connectivity index (χ0) is 36.8. The van der Waals surface area contributed by atoms with Gasteiger partial charge in [-0.3, -0.25) is 0 Å². The summed E-state index contributed by atoms with van der Waals surface area (Å²) < 4.78 is 5.22. The third kappa shape index (κ3) is 4.32. The highest BCUT2D eigenvalue weighted by molar-refractivity contribution is 7.26. The van der Waals surface area contributed by atoms with Crippen LogP contribution < -0.4 is 4.90 Å². The molecule has 0 radical (unpaired) electrons. The standard InChI is InChI=1S/C53H34N2S/c1-2-17-37(18-3-1)53(45-23-10-6-19-40(45)41-20-7-11-24-46(41)53)55-47-25-12-8-21-42(47)44-34-39(31-32-48(44)55)54(38-30-29-35-15-4-5-16-36(35)33-38)49-26-14-28-51-52(49)43-22-9-13-27-50(43)56-51/h1-34H. The van der Waals surface area contributed by atoms with E-state index in [0.29, 0.717) is 0 Å². The van der Waals surface area contributed by atoms with E-state index in [1.807, 2.05) is 11.3 Å². The summed E-state index contributed by atoms with van der Waals surface area (Å²) >= 11 is 1.86. The van der Waals surface area contributed by atoms with Gasteiger partial charge in [-0.25, -0.2) is 0 Å². The van der Waals surface area contributed by atoms with E-state index in [1.165, 1.54) is 86.3 Å². The van der Waals surface area contributed by atoms with E-state index in [2.05, 4.69) is 216 Å². The van der Waals surface area contributed by atoms with Gasteiger partial charge in [0.1, 0.15) is 5.54 Å². The van der Waals surface area contributed by atoms with Crippen molar-refractivity contribution in [1.82, 2.24) is 4.57 Å². The van der Waals surface area contributed by atoms with E-state index in [0.717, 1.165) is 11.4 Å². The Bertz CT molecular complexity index is 3290. The number of rotatable bonds is 5. The van der Waals surface area contributed by atoms with Gasteiger partial charge in [-0.15, -0.1) is 11.3 Å². The smallest absolute Gasteiger partial charge is 0.122 e. The zero-order valence-corrected chi connectivity index (χ0v) is 31.2. The molecule has 2 aromatic heterocycles. The summed E-state index contributed by atoms with van der Waals surface area (Å²) in [7, 11) is 0. The molecule has 2 nitrogen and oxygen atoms in total. The van der Waals surface area contributed by atoms with Gasteiger partial charge < -0.3 is 9.47 Å². The Kier molecular flexibility index (Phi) is 6.75. The average Bonchev–Trinajstić information content (AvgIpc) is 3.91. The molecular formula is C53H34N2S. The first-order chi connectivity index (χ1) is 27.8. The normalized spacial score (nSPS) is 13.1. The third-order valence-corrected chi connectivity index (χ3v) is 13.1. The number of fused-ring (bicyclic) bond motifs is 10. The number of hydrogen-bond acceptors (Lipinski definition) is 2. The topological polar surface area (TPSA) is 8.17 Å². The van der Waals surface area contributed by atoms with E-state index in [9.17, 15) is 0 Å². The minimum Gasteiger partial charge on any atom is -0.322 e. The molecule has 0 saturated carbocycles. The fraction of sp³-hybridized carbons (Fsp3) is 0.0189. The highest BCUT2D eigenvalue weighted by atomic mass is 32.1. The summed E-state index contributed by atoms with van der Waals surface area (Å²) in [6.07, 6.45) is 0. The fourth-order valence-electron chi connectivity index (χ4n) is 9.72. The minimum atomic E-state index is -0.587. The largest absolute Gasteiger partial charge is 0.322 e. The lowest BCUT2D eigenvalue weighted by Crippen LogP contribution is -2.35. The molecule has 0 aliphatic heterocycles. The van der Waals surface area contributed by atoms with Crippen molar-refractivity contribution in [1.29, 1.82) is 0 Å². The minimum absolute atomic E-state index is 0.587. The van der Waals surface area contributed by atoms with Crippen LogP contribution in [-0.4, -0.2) is 4.57 Å². The fourth-order valence-corrected chi connectivity index (χ4v) is 10.8. The van der Waals surface area contributed by atoms with E-state index in [4.69, 9.17) is 0 Å². The second-order valence-corrected chi connectivity index (χ2v) is 15.9. The van der Waals surface area contributed by atoms with E-state index in [-0.39, 0.29) is 0 Å². The van der Waals surface area contributed by atoms with Gasteiger partial charge >= 0.3 is 0 Å². The number of para-hydroxylation sites is 1. The van der Waals surface area contributed by atoms with Gasteiger partial charge in [-0.1, -0.05) is 152 Å². The Morgan fingerprint density at radius 1 is 0.411 bits per heavy atom. The summed E-state index contributed by atoms with van der Waals surface area (Å²) in [6.45, 7) is 0. The van der Waals surface area contributed by atoms with Crippen LogP contribution in [0.1, 0.15) is 16.7 Å². The molecular weight excluding hydrogens is 697 g/mol. The molecule has 1 aliphatic carbocycles. The quantitative estimate of drug-likeness (QED) is 0.171. The second kappa shape index (κ2) is 12.0. The first-order valence-corrected chi connectivity index (χ1v) is 20.1. The Balaban J connectivity index is 1.18. The second-order valence-electron chi connectivity index (χ2n) is 14.8. The number of aromatic nitrogens is 1. The molecule has 262 valence electrons. The average molecular weight is 731 g/mol. The van der Waals surface area contributed by atoms with Gasteiger partial charge in [0.15, 0.2) is 0 Å². The predicted molar refractivity (Wildman–Crippen MR) is 238 cm³/mol. The maximum absolute atomic E-state index is 2.63. The van der Waals surface area contributed by atoms with Gasteiger partial charge in [0.2, 0.25) is 0 Å². The van der Waals surface area contributed by atoms with E-state index < -0.39 is 5.54 Å². The summed E-state index contributed by atoms with van der Waals surface area (Å²) in [4.78, 5) is 2.48. The number of nitrogens with zero attached hydrogens (tertiary/aromatic N) is 2. The first kappa shape index (κ1) is 31.4. The molecule has 0 N–H and O–H groups in total. The molecule has 0 spiro atoms.